The first-order valence-corrected chi connectivity index (χ1v) is 9.68. The lowest BCUT2D eigenvalue weighted by Gasteiger charge is -2.16. The third-order valence-corrected chi connectivity index (χ3v) is 5.28. The van der Waals surface area contributed by atoms with Crippen LogP contribution in [0.2, 0.25) is 0 Å². The molecule has 1 aliphatic carbocycles. The molecule has 0 radical (unpaired) electrons. The second-order valence-electron chi connectivity index (χ2n) is 7.16. The molecule has 0 saturated heterocycles. The summed E-state index contributed by atoms with van der Waals surface area (Å²) in [5.74, 6) is 1.14. The van der Waals surface area contributed by atoms with E-state index in [-0.39, 0.29) is 30.6 Å². The largest absolute Gasteiger partial charge is 0.493 e. The Hall–Kier alpha value is -2.82. The predicted octanol–water partition coefficient (Wildman–Crippen LogP) is 4.03. The fourth-order valence-electron chi connectivity index (χ4n) is 3.64. The minimum absolute atomic E-state index is 0.0172. The third kappa shape index (κ3) is 4.53. The van der Waals surface area contributed by atoms with Gasteiger partial charge in [0.1, 0.15) is 0 Å². The first-order chi connectivity index (χ1) is 13.5. The standard InChI is InChI=1S/C23H27NO4/c1-15(17-9-11-21(27-2)22(14-17)28-3)24-23(26)12-10-20(25)19-8-7-16-5-4-6-18(16)13-19/h7-9,11,13-15H,4-6,10,12H2,1-3H3,(H,24,26). The zero-order valence-corrected chi connectivity index (χ0v) is 16.7. The van der Waals surface area contributed by atoms with E-state index in [2.05, 4.69) is 11.4 Å². The van der Waals surface area contributed by atoms with Gasteiger partial charge in [-0.05, 0) is 61.1 Å². The van der Waals surface area contributed by atoms with Crippen LogP contribution in [-0.4, -0.2) is 25.9 Å². The van der Waals surface area contributed by atoms with Crippen molar-refractivity contribution in [3.63, 3.8) is 0 Å². The molecule has 2 aromatic rings. The van der Waals surface area contributed by atoms with Crippen LogP contribution in [0.4, 0.5) is 0 Å². The van der Waals surface area contributed by atoms with Crippen LogP contribution in [0.15, 0.2) is 36.4 Å². The summed E-state index contributed by atoms with van der Waals surface area (Å²) in [6.45, 7) is 1.90. The normalized spacial score (nSPS) is 13.5. The second-order valence-corrected chi connectivity index (χ2v) is 7.16. The van der Waals surface area contributed by atoms with Gasteiger partial charge < -0.3 is 14.8 Å². The van der Waals surface area contributed by atoms with Crippen LogP contribution in [0.1, 0.15) is 59.3 Å². The molecule has 1 atom stereocenters. The maximum atomic E-state index is 12.4. The number of fused-ring (bicyclic) bond motifs is 1. The van der Waals surface area contributed by atoms with Crippen molar-refractivity contribution in [3.8, 4) is 11.5 Å². The summed E-state index contributed by atoms with van der Waals surface area (Å²) in [6, 6.07) is 11.3. The molecule has 0 saturated carbocycles. The molecule has 0 fully saturated rings. The van der Waals surface area contributed by atoms with Crippen LogP contribution in [0.3, 0.4) is 0 Å². The van der Waals surface area contributed by atoms with Crippen LogP contribution in [-0.2, 0) is 17.6 Å². The van der Waals surface area contributed by atoms with E-state index in [0.29, 0.717) is 17.1 Å². The first-order valence-electron chi connectivity index (χ1n) is 9.68. The van der Waals surface area contributed by atoms with Crippen LogP contribution in [0, 0.1) is 0 Å². The molecule has 1 N–H and O–H groups in total. The zero-order chi connectivity index (χ0) is 20.1. The number of carbonyl (C=O) groups is 2. The highest BCUT2D eigenvalue weighted by molar-refractivity contribution is 5.98. The van der Waals surface area contributed by atoms with Gasteiger partial charge in [-0.25, -0.2) is 0 Å². The number of rotatable bonds is 8. The molecule has 1 unspecified atom stereocenters. The van der Waals surface area contributed by atoms with Crippen LogP contribution >= 0.6 is 0 Å². The molecule has 5 nitrogen and oxygen atoms in total. The lowest BCUT2D eigenvalue weighted by atomic mass is 10.0. The summed E-state index contributed by atoms with van der Waals surface area (Å²) in [7, 11) is 3.16. The molecule has 148 valence electrons. The van der Waals surface area contributed by atoms with Crippen molar-refractivity contribution in [1.82, 2.24) is 5.32 Å². The van der Waals surface area contributed by atoms with Crippen LogP contribution < -0.4 is 14.8 Å². The summed E-state index contributed by atoms with van der Waals surface area (Å²) in [6.07, 6.45) is 3.68. The molecule has 1 aliphatic rings. The summed E-state index contributed by atoms with van der Waals surface area (Å²) in [5, 5.41) is 2.95. The molecular weight excluding hydrogens is 354 g/mol. The fourth-order valence-corrected chi connectivity index (χ4v) is 3.64. The van der Waals surface area contributed by atoms with Crippen molar-refractivity contribution < 1.29 is 19.1 Å². The van der Waals surface area contributed by atoms with Gasteiger partial charge in [-0.2, -0.15) is 0 Å². The van der Waals surface area contributed by atoms with Gasteiger partial charge in [0.15, 0.2) is 17.3 Å². The lowest BCUT2D eigenvalue weighted by Crippen LogP contribution is -2.27. The van der Waals surface area contributed by atoms with E-state index in [4.69, 9.17) is 9.47 Å². The van der Waals surface area contributed by atoms with E-state index < -0.39 is 0 Å². The fraction of sp³-hybridized carbons (Fsp3) is 0.391. The predicted molar refractivity (Wildman–Crippen MR) is 108 cm³/mol. The number of nitrogens with one attached hydrogen (secondary N) is 1. The number of carbonyl (C=O) groups excluding carboxylic acids is 2. The number of Topliss-reactive ketones (excluding diaryl/α,β-unsaturated/α-hetero) is 1. The van der Waals surface area contributed by atoms with Crippen molar-refractivity contribution in [2.45, 2.75) is 45.1 Å². The van der Waals surface area contributed by atoms with Gasteiger partial charge in [-0.1, -0.05) is 18.2 Å². The molecule has 0 spiro atoms. The van der Waals surface area contributed by atoms with E-state index in [1.807, 2.05) is 37.3 Å². The Morgan fingerprint density at radius 2 is 1.71 bits per heavy atom. The van der Waals surface area contributed by atoms with Crippen LogP contribution in [0.5, 0.6) is 11.5 Å². The van der Waals surface area contributed by atoms with E-state index >= 15 is 0 Å². The molecule has 0 bridgehead atoms. The molecule has 0 aliphatic heterocycles. The average molecular weight is 381 g/mol. The first kappa shape index (κ1) is 19.9. The summed E-state index contributed by atoms with van der Waals surface area (Å²) in [5.41, 5.74) is 4.24. The average Bonchev–Trinajstić information content (AvgIpc) is 3.19. The van der Waals surface area contributed by atoms with Crippen molar-refractivity contribution in [2.24, 2.45) is 0 Å². The molecule has 2 aromatic carbocycles. The number of methoxy groups -OCH3 is 2. The Morgan fingerprint density at radius 3 is 2.46 bits per heavy atom. The van der Waals surface area contributed by atoms with Gasteiger partial charge >= 0.3 is 0 Å². The Kier molecular flexibility index (Phi) is 6.34. The summed E-state index contributed by atoms with van der Waals surface area (Å²) < 4.78 is 10.5. The van der Waals surface area contributed by atoms with Gasteiger partial charge in [0, 0.05) is 18.4 Å². The smallest absolute Gasteiger partial charge is 0.220 e. The van der Waals surface area contributed by atoms with E-state index in [0.717, 1.165) is 24.8 Å². The number of amides is 1. The number of hydrogen-bond acceptors (Lipinski definition) is 4. The maximum absolute atomic E-state index is 12.4. The third-order valence-electron chi connectivity index (χ3n) is 5.28. The Morgan fingerprint density at radius 1 is 0.964 bits per heavy atom. The van der Waals surface area contributed by atoms with E-state index in [9.17, 15) is 9.59 Å². The van der Waals surface area contributed by atoms with E-state index in [1.54, 1.807) is 14.2 Å². The molecule has 0 heterocycles. The Balaban J connectivity index is 1.54. The van der Waals surface area contributed by atoms with Gasteiger partial charge in [-0.15, -0.1) is 0 Å². The molecular formula is C23H27NO4. The number of benzene rings is 2. The summed E-state index contributed by atoms with van der Waals surface area (Å²) in [4.78, 5) is 24.8. The lowest BCUT2D eigenvalue weighted by molar-refractivity contribution is -0.121. The highest BCUT2D eigenvalue weighted by Crippen LogP contribution is 2.30. The van der Waals surface area contributed by atoms with Crippen molar-refractivity contribution >= 4 is 11.7 Å². The van der Waals surface area contributed by atoms with Gasteiger partial charge in [0.2, 0.25) is 5.91 Å². The van der Waals surface area contributed by atoms with E-state index in [1.165, 1.54) is 11.1 Å². The second kappa shape index (κ2) is 8.91. The summed E-state index contributed by atoms with van der Waals surface area (Å²) >= 11 is 0. The van der Waals surface area contributed by atoms with Gasteiger partial charge in [0.05, 0.1) is 20.3 Å². The topological polar surface area (TPSA) is 64.6 Å². The minimum atomic E-state index is -0.192. The van der Waals surface area contributed by atoms with Crippen molar-refractivity contribution in [3.05, 3.63) is 58.7 Å². The SMILES string of the molecule is COc1ccc(C(C)NC(=O)CCC(=O)c2ccc3c(c2)CCC3)cc1OC. The van der Waals surface area contributed by atoms with Crippen molar-refractivity contribution in [2.75, 3.05) is 14.2 Å². The highest BCUT2D eigenvalue weighted by Gasteiger charge is 2.16. The molecule has 28 heavy (non-hydrogen) atoms. The van der Waals surface area contributed by atoms with Gasteiger partial charge in [0.25, 0.3) is 0 Å². The molecule has 5 heteroatoms. The molecule has 1 amide bonds. The number of hydrogen-bond donors (Lipinski definition) is 1. The quantitative estimate of drug-likeness (QED) is 0.701. The highest BCUT2D eigenvalue weighted by atomic mass is 16.5. The number of aryl methyl sites for hydroxylation is 2. The number of ketones is 1. The number of ether oxygens (including phenoxy) is 2. The Labute approximate surface area is 166 Å². The van der Waals surface area contributed by atoms with Gasteiger partial charge in [-0.3, -0.25) is 9.59 Å². The maximum Gasteiger partial charge on any atom is 0.220 e. The molecule has 0 aromatic heterocycles. The molecule has 3 rings (SSSR count). The monoisotopic (exact) mass is 381 g/mol. The zero-order valence-electron chi connectivity index (χ0n) is 16.7. The van der Waals surface area contributed by atoms with Crippen molar-refractivity contribution in [1.29, 1.82) is 0 Å². The Bertz CT molecular complexity index is 875. The minimum Gasteiger partial charge on any atom is -0.493 e. The van der Waals surface area contributed by atoms with Crippen LogP contribution in [0.25, 0.3) is 0 Å².